The van der Waals surface area contributed by atoms with Gasteiger partial charge in [-0.15, -0.1) is 0 Å². The van der Waals surface area contributed by atoms with Crippen LogP contribution in [0.4, 0.5) is 5.69 Å². The first-order valence-electron chi connectivity index (χ1n) is 9.73. The maximum atomic E-state index is 4.46. The molecule has 1 aromatic carbocycles. The standard InChI is InChI=1S/C22H26N6/c1-18-6-3-4-8-21(18)27-14-12-26(13-15-27)11-5-7-20-16-25-28(19(20)2)22-9-10-23-17-24-22/h3-10,16-17H,11-15H2,1-2H3. The molecule has 1 saturated heterocycles. The maximum absolute atomic E-state index is 4.46. The lowest BCUT2D eigenvalue weighted by atomic mass is 10.1. The Hall–Kier alpha value is -2.99. The largest absolute Gasteiger partial charge is 0.369 e. The first-order chi connectivity index (χ1) is 13.7. The van der Waals surface area contributed by atoms with Crippen LogP contribution in [0.1, 0.15) is 16.8 Å². The van der Waals surface area contributed by atoms with Crippen LogP contribution in [-0.2, 0) is 0 Å². The summed E-state index contributed by atoms with van der Waals surface area (Å²) < 4.78 is 1.85. The molecule has 144 valence electrons. The molecule has 0 atom stereocenters. The molecule has 0 N–H and O–H groups in total. The molecule has 4 rings (SSSR count). The summed E-state index contributed by atoms with van der Waals surface area (Å²) >= 11 is 0. The first-order valence-corrected chi connectivity index (χ1v) is 9.73. The van der Waals surface area contributed by atoms with Crippen molar-refractivity contribution >= 4 is 11.8 Å². The second-order valence-corrected chi connectivity index (χ2v) is 7.14. The van der Waals surface area contributed by atoms with Crippen molar-refractivity contribution in [2.24, 2.45) is 0 Å². The Labute approximate surface area is 166 Å². The van der Waals surface area contributed by atoms with Gasteiger partial charge in [-0.05, 0) is 25.5 Å². The summed E-state index contributed by atoms with van der Waals surface area (Å²) in [6, 6.07) is 10.5. The Bertz CT molecular complexity index is 939. The van der Waals surface area contributed by atoms with E-state index in [9.17, 15) is 0 Å². The van der Waals surface area contributed by atoms with Crippen LogP contribution in [0.2, 0.25) is 0 Å². The minimum absolute atomic E-state index is 0.791. The molecule has 3 heterocycles. The smallest absolute Gasteiger partial charge is 0.156 e. The van der Waals surface area contributed by atoms with Crippen LogP contribution in [0.15, 0.2) is 55.1 Å². The van der Waals surface area contributed by atoms with Crippen molar-refractivity contribution in [3.8, 4) is 5.82 Å². The summed E-state index contributed by atoms with van der Waals surface area (Å²) in [7, 11) is 0. The highest BCUT2D eigenvalue weighted by atomic mass is 15.3. The molecule has 2 aromatic heterocycles. The second kappa shape index (κ2) is 8.35. The van der Waals surface area contributed by atoms with Crippen molar-refractivity contribution in [1.82, 2.24) is 24.6 Å². The number of nitrogens with zero attached hydrogens (tertiary/aromatic N) is 6. The fraction of sp³-hybridized carbons (Fsp3) is 0.318. The van der Waals surface area contributed by atoms with Crippen LogP contribution < -0.4 is 4.90 Å². The molecular formula is C22H26N6. The molecule has 1 aliphatic heterocycles. The van der Waals surface area contributed by atoms with Gasteiger partial charge in [0.05, 0.1) is 11.9 Å². The molecule has 0 radical (unpaired) electrons. The van der Waals surface area contributed by atoms with Crippen LogP contribution in [0, 0.1) is 13.8 Å². The van der Waals surface area contributed by atoms with Gasteiger partial charge >= 0.3 is 0 Å². The maximum Gasteiger partial charge on any atom is 0.156 e. The SMILES string of the molecule is Cc1ccccc1N1CCN(CC=Cc2cnn(-c3ccncn3)c2C)CC1. The molecule has 0 aliphatic carbocycles. The summed E-state index contributed by atoms with van der Waals surface area (Å²) in [6.07, 6.45) is 9.56. The predicted octanol–water partition coefficient (Wildman–Crippen LogP) is 3.11. The molecular weight excluding hydrogens is 348 g/mol. The fourth-order valence-corrected chi connectivity index (χ4v) is 3.64. The van der Waals surface area contributed by atoms with Crippen LogP contribution in [0.3, 0.4) is 0 Å². The van der Waals surface area contributed by atoms with Gasteiger partial charge in [0.2, 0.25) is 0 Å². The van der Waals surface area contributed by atoms with Gasteiger partial charge in [-0.2, -0.15) is 5.10 Å². The molecule has 6 heteroatoms. The fourth-order valence-electron chi connectivity index (χ4n) is 3.64. The molecule has 0 amide bonds. The number of benzene rings is 1. The lowest BCUT2D eigenvalue weighted by Crippen LogP contribution is -2.46. The number of aryl methyl sites for hydroxylation is 1. The predicted molar refractivity (Wildman–Crippen MR) is 113 cm³/mol. The Balaban J connectivity index is 1.33. The summed E-state index contributed by atoms with van der Waals surface area (Å²) in [4.78, 5) is 13.2. The average molecular weight is 374 g/mol. The van der Waals surface area contributed by atoms with Gasteiger partial charge in [-0.1, -0.05) is 30.4 Å². The Kier molecular flexibility index (Phi) is 5.48. The van der Waals surface area contributed by atoms with Crippen LogP contribution in [0.5, 0.6) is 0 Å². The van der Waals surface area contributed by atoms with E-state index >= 15 is 0 Å². The number of piperazine rings is 1. The zero-order valence-electron chi connectivity index (χ0n) is 16.5. The number of aromatic nitrogens is 4. The van der Waals surface area contributed by atoms with Gasteiger partial charge in [-0.25, -0.2) is 14.6 Å². The van der Waals surface area contributed by atoms with Crippen molar-refractivity contribution in [3.63, 3.8) is 0 Å². The molecule has 0 spiro atoms. The lowest BCUT2D eigenvalue weighted by molar-refractivity contribution is 0.284. The van der Waals surface area contributed by atoms with E-state index in [4.69, 9.17) is 0 Å². The first kappa shape index (κ1) is 18.4. The topological polar surface area (TPSA) is 50.1 Å². The van der Waals surface area contributed by atoms with E-state index in [0.717, 1.165) is 49.8 Å². The third-order valence-corrected chi connectivity index (χ3v) is 5.32. The molecule has 6 nitrogen and oxygen atoms in total. The number of hydrogen-bond donors (Lipinski definition) is 0. The van der Waals surface area contributed by atoms with Crippen molar-refractivity contribution in [1.29, 1.82) is 0 Å². The van der Waals surface area contributed by atoms with E-state index in [0.29, 0.717) is 0 Å². The number of para-hydroxylation sites is 1. The third-order valence-electron chi connectivity index (χ3n) is 5.32. The molecule has 0 saturated carbocycles. The molecule has 0 bridgehead atoms. The average Bonchev–Trinajstić information content (AvgIpc) is 3.10. The van der Waals surface area contributed by atoms with Crippen molar-refractivity contribution in [3.05, 3.63) is 71.9 Å². The van der Waals surface area contributed by atoms with Crippen LogP contribution in [-0.4, -0.2) is 57.4 Å². The summed E-state index contributed by atoms with van der Waals surface area (Å²) in [5, 5.41) is 4.46. The van der Waals surface area contributed by atoms with Gasteiger partial charge in [0.1, 0.15) is 6.33 Å². The number of anilines is 1. The molecule has 3 aromatic rings. The van der Waals surface area contributed by atoms with Crippen molar-refractivity contribution in [2.75, 3.05) is 37.6 Å². The van der Waals surface area contributed by atoms with Crippen molar-refractivity contribution in [2.45, 2.75) is 13.8 Å². The van der Waals surface area contributed by atoms with E-state index in [1.165, 1.54) is 11.3 Å². The van der Waals surface area contributed by atoms with Crippen molar-refractivity contribution < 1.29 is 0 Å². The van der Waals surface area contributed by atoms with Crippen LogP contribution >= 0.6 is 0 Å². The monoisotopic (exact) mass is 374 g/mol. The molecule has 28 heavy (non-hydrogen) atoms. The van der Waals surface area contributed by atoms with E-state index in [1.807, 2.05) is 16.9 Å². The highest BCUT2D eigenvalue weighted by Crippen LogP contribution is 2.21. The highest BCUT2D eigenvalue weighted by Gasteiger charge is 2.17. The zero-order chi connectivity index (χ0) is 19.3. The normalized spacial score (nSPS) is 15.4. The summed E-state index contributed by atoms with van der Waals surface area (Å²) in [5.41, 5.74) is 4.92. The minimum Gasteiger partial charge on any atom is -0.369 e. The Morgan fingerprint density at radius 1 is 1.04 bits per heavy atom. The van der Waals surface area contributed by atoms with Gasteiger partial charge in [0, 0.05) is 56.2 Å². The minimum atomic E-state index is 0.791. The highest BCUT2D eigenvalue weighted by molar-refractivity contribution is 5.54. The number of hydrogen-bond acceptors (Lipinski definition) is 5. The summed E-state index contributed by atoms with van der Waals surface area (Å²) in [6.45, 7) is 9.52. The third kappa shape index (κ3) is 3.97. The van der Waals surface area contributed by atoms with E-state index in [-0.39, 0.29) is 0 Å². The Morgan fingerprint density at radius 3 is 2.61 bits per heavy atom. The van der Waals surface area contributed by atoms with Gasteiger partial charge in [0.25, 0.3) is 0 Å². The lowest BCUT2D eigenvalue weighted by Gasteiger charge is -2.36. The van der Waals surface area contributed by atoms with Gasteiger partial charge < -0.3 is 4.90 Å². The van der Waals surface area contributed by atoms with E-state index in [1.54, 1.807) is 12.5 Å². The number of rotatable bonds is 5. The Morgan fingerprint density at radius 2 is 1.86 bits per heavy atom. The molecule has 1 aliphatic rings. The molecule has 0 unspecified atom stereocenters. The second-order valence-electron chi connectivity index (χ2n) is 7.14. The van der Waals surface area contributed by atoms with Gasteiger partial charge in [-0.3, -0.25) is 4.90 Å². The van der Waals surface area contributed by atoms with E-state index < -0.39 is 0 Å². The van der Waals surface area contributed by atoms with Crippen LogP contribution in [0.25, 0.3) is 11.9 Å². The van der Waals surface area contributed by atoms with E-state index in [2.05, 4.69) is 75.1 Å². The molecule has 1 fully saturated rings. The van der Waals surface area contributed by atoms with Gasteiger partial charge in [0.15, 0.2) is 5.82 Å². The quantitative estimate of drug-likeness (QED) is 0.687. The summed E-state index contributed by atoms with van der Waals surface area (Å²) in [5.74, 6) is 0.791. The zero-order valence-corrected chi connectivity index (χ0v) is 16.5.